The third kappa shape index (κ3) is 5.07. The van der Waals surface area contributed by atoms with Gasteiger partial charge in [0.05, 0.1) is 41.4 Å². The molecule has 3 aromatic rings. The molecule has 5 heterocycles. The standard InChI is InChI=1S/C29H30F3N9O2/c1-3-23(42)40-13-12-38(15-19(40)8-9-33)26-21-14-34-41(22-7-4-6-18(2)24(22)29(30,31)32)27(43)25(21)35-28(36-26)39-16-20(17-39)37-10-5-11-37/h3-4,6-7,14,19-20H,1,5,8,10-13,15-17H2,2H3/t19-/m0/s1. The summed E-state index contributed by atoms with van der Waals surface area (Å²) < 4.78 is 43.0. The molecule has 14 heteroatoms. The zero-order chi connectivity index (χ0) is 30.5. The van der Waals surface area contributed by atoms with Crippen LogP contribution in [0.2, 0.25) is 0 Å². The zero-order valence-electron chi connectivity index (χ0n) is 23.6. The van der Waals surface area contributed by atoms with Crippen LogP contribution in [-0.2, 0) is 11.0 Å². The molecular formula is C29H30F3N9O2. The number of carbonyl (C=O) groups is 1. The molecule has 11 nitrogen and oxygen atoms in total. The van der Waals surface area contributed by atoms with Gasteiger partial charge in [-0.1, -0.05) is 18.7 Å². The summed E-state index contributed by atoms with van der Waals surface area (Å²) in [5.41, 5.74) is -2.21. The van der Waals surface area contributed by atoms with Gasteiger partial charge < -0.3 is 14.7 Å². The van der Waals surface area contributed by atoms with Crippen molar-refractivity contribution >= 4 is 28.6 Å². The van der Waals surface area contributed by atoms with Gasteiger partial charge in [-0.3, -0.25) is 14.5 Å². The number of piperazine rings is 1. The highest BCUT2D eigenvalue weighted by Gasteiger charge is 2.39. The largest absolute Gasteiger partial charge is 0.418 e. The Morgan fingerprint density at radius 3 is 2.56 bits per heavy atom. The van der Waals surface area contributed by atoms with Gasteiger partial charge in [-0.2, -0.15) is 33.2 Å². The number of fused-ring (bicyclic) bond motifs is 1. The molecule has 1 aromatic carbocycles. The fourth-order valence-electron chi connectivity index (χ4n) is 6.04. The van der Waals surface area contributed by atoms with Crippen LogP contribution in [0.4, 0.5) is 24.9 Å². The minimum absolute atomic E-state index is 0.0315. The van der Waals surface area contributed by atoms with Crippen molar-refractivity contribution in [2.24, 2.45) is 0 Å². The Morgan fingerprint density at radius 2 is 1.91 bits per heavy atom. The van der Waals surface area contributed by atoms with Gasteiger partial charge in [-0.15, -0.1) is 0 Å². The number of benzene rings is 1. The Labute approximate surface area is 245 Å². The second-order valence-corrected chi connectivity index (χ2v) is 11.1. The Hall–Kier alpha value is -4.51. The lowest BCUT2D eigenvalue weighted by Crippen LogP contribution is -2.63. The first-order valence-electron chi connectivity index (χ1n) is 14.1. The van der Waals surface area contributed by atoms with E-state index in [1.807, 2.05) is 9.80 Å². The summed E-state index contributed by atoms with van der Waals surface area (Å²) in [6, 6.07) is 6.03. The molecule has 6 rings (SSSR count). The van der Waals surface area contributed by atoms with Crippen molar-refractivity contribution in [3.63, 3.8) is 0 Å². The summed E-state index contributed by atoms with van der Waals surface area (Å²) in [5.74, 6) is 0.405. The number of aryl methyl sites for hydroxylation is 1. The van der Waals surface area contributed by atoms with Gasteiger partial charge in [0.1, 0.15) is 11.3 Å². The maximum atomic E-state index is 14.1. The van der Waals surface area contributed by atoms with Crippen LogP contribution in [0.3, 0.4) is 0 Å². The summed E-state index contributed by atoms with van der Waals surface area (Å²) in [4.78, 5) is 43.6. The minimum atomic E-state index is -4.71. The van der Waals surface area contributed by atoms with E-state index < -0.39 is 23.3 Å². The number of alkyl halides is 3. The van der Waals surface area contributed by atoms with Gasteiger partial charge in [0, 0.05) is 38.8 Å². The van der Waals surface area contributed by atoms with Crippen molar-refractivity contribution in [3.8, 4) is 11.8 Å². The predicted molar refractivity (Wildman–Crippen MR) is 153 cm³/mol. The van der Waals surface area contributed by atoms with Gasteiger partial charge in [-0.05, 0) is 44.1 Å². The molecule has 0 spiro atoms. The number of anilines is 2. The number of carbonyl (C=O) groups excluding carboxylic acids is 1. The first kappa shape index (κ1) is 28.6. The third-order valence-corrected chi connectivity index (χ3v) is 8.49. The second-order valence-electron chi connectivity index (χ2n) is 11.1. The minimum Gasteiger partial charge on any atom is -0.352 e. The lowest BCUT2D eigenvalue weighted by Gasteiger charge is -2.49. The fraction of sp³-hybridized carbons (Fsp3) is 0.448. The Bertz CT molecular complexity index is 1690. The number of rotatable bonds is 6. The van der Waals surface area contributed by atoms with Gasteiger partial charge in [0.2, 0.25) is 11.9 Å². The van der Waals surface area contributed by atoms with Crippen molar-refractivity contribution in [2.75, 3.05) is 55.6 Å². The van der Waals surface area contributed by atoms with Crippen LogP contribution < -0.4 is 15.4 Å². The molecule has 0 radical (unpaired) electrons. The molecule has 3 aliphatic rings. The molecule has 3 aliphatic heterocycles. The highest BCUT2D eigenvalue weighted by Crippen LogP contribution is 2.36. The number of hydrogen-bond acceptors (Lipinski definition) is 9. The van der Waals surface area contributed by atoms with E-state index in [4.69, 9.17) is 4.98 Å². The van der Waals surface area contributed by atoms with Crippen molar-refractivity contribution < 1.29 is 18.0 Å². The molecule has 2 aromatic heterocycles. The van der Waals surface area contributed by atoms with Crippen LogP contribution in [-0.4, -0.2) is 93.4 Å². The molecule has 3 saturated heterocycles. The molecule has 0 unspecified atom stereocenters. The van der Waals surface area contributed by atoms with E-state index in [0.29, 0.717) is 44.0 Å². The average molecular weight is 594 g/mol. The lowest BCUT2D eigenvalue weighted by molar-refractivity contribution is -0.138. The third-order valence-electron chi connectivity index (χ3n) is 8.49. The smallest absolute Gasteiger partial charge is 0.352 e. The van der Waals surface area contributed by atoms with E-state index in [1.54, 1.807) is 4.90 Å². The predicted octanol–water partition coefficient (Wildman–Crippen LogP) is 2.51. The number of aromatic nitrogens is 4. The highest BCUT2D eigenvalue weighted by molar-refractivity contribution is 5.90. The van der Waals surface area contributed by atoms with E-state index in [-0.39, 0.29) is 41.0 Å². The molecule has 0 saturated carbocycles. The Kier molecular flexibility index (Phi) is 7.29. The fourth-order valence-corrected chi connectivity index (χ4v) is 6.04. The summed E-state index contributed by atoms with van der Waals surface area (Å²) in [6.07, 6.45) is -0.946. The number of nitriles is 1. The van der Waals surface area contributed by atoms with Crippen LogP contribution in [0.25, 0.3) is 16.6 Å². The number of nitrogens with zero attached hydrogens (tertiary/aromatic N) is 9. The van der Waals surface area contributed by atoms with E-state index >= 15 is 0 Å². The monoisotopic (exact) mass is 593 g/mol. The topological polar surface area (TPSA) is 114 Å². The molecule has 0 bridgehead atoms. The van der Waals surface area contributed by atoms with Crippen LogP contribution in [0, 0.1) is 18.3 Å². The molecule has 1 amide bonds. The van der Waals surface area contributed by atoms with E-state index in [2.05, 4.69) is 27.6 Å². The van der Waals surface area contributed by atoms with E-state index in [9.17, 15) is 28.0 Å². The maximum absolute atomic E-state index is 14.1. The van der Waals surface area contributed by atoms with Gasteiger partial charge in [0.15, 0.2) is 0 Å². The van der Waals surface area contributed by atoms with E-state index in [1.165, 1.54) is 37.4 Å². The number of hydrogen-bond donors (Lipinski definition) is 0. The quantitative estimate of drug-likeness (QED) is 0.398. The molecule has 1 atom stereocenters. The first-order valence-corrected chi connectivity index (χ1v) is 14.1. The van der Waals surface area contributed by atoms with Crippen LogP contribution in [0.15, 0.2) is 41.8 Å². The molecule has 224 valence electrons. The number of likely N-dealkylation sites (tertiary alicyclic amines) is 1. The van der Waals surface area contributed by atoms with Crippen molar-refractivity contribution in [2.45, 2.75) is 38.0 Å². The second kappa shape index (κ2) is 11.0. The average Bonchev–Trinajstić information content (AvgIpc) is 2.92. The molecule has 0 aliphatic carbocycles. The van der Waals surface area contributed by atoms with Crippen molar-refractivity contribution in [1.82, 2.24) is 29.5 Å². The van der Waals surface area contributed by atoms with Gasteiger partial charge >= 0.3 is 6.18 Å². The van der Waals surface area contributed by atoms with Crippen LogP contribution in [0.1, 0.15) is 24.0 Å². The lowest BCUT2D eigenvalue weighted by atomic mass is 10.0. The SMILES string of the molecule is C=CC(=O)N1CCN(c2nc(N3CC(N4CCC4)C3)nc3c(=O)n(-c4cccc(C)c4C(F)(F)F)ncc23)C[C@@H]1CC#N. The van der Waals surface area contributed by atoms with Crippen molar-refractivity contribution in [3.05, 3.63) is 58.5 Å². The van der Waals surface area contributed by atoms with Crippen LogP contribution in [0.5, 0.6) is 0 Å². The van der Waals surface area contributed by atoms with Gasteiger partial charge in [-0.25, -0.2) is 4.98 Å². The highest BCUT2D eigenvalue weighted by atomic mass is 19.4. The Morgan fingerprint density at radius 1 is 1.14 bits per heavy atom. The normalized spacial score (nSPS) is 19.6. The summed E-state index contributed by atoms with van der Waals surface area (Å²) in [7, 11) is 0. The molecule has 43 heavy (non-hydrogen) atoms. The zero-order valence-corrected chi connectivity index (χ0v) is 23.6. The summed E-state index contributed by atoms with van der Waals surface area (Å²) in [5, 5.41) is 13.9. The van der Waals surface area contributed by atoms with Gasteiger partial charge in [0.25, 0.3) is 5.56 Å². The Balaban J connectivity index is 1.46. The van der Waals surface area contributed by atoms with Crippen LogP contribution >= 0.6 is 0 Å². The molecule has 3 fully saturated rings. The summed E-state index contributed by atoms with van der Waals surface area (Å²) >= 11 is 0. The van der Waals surface area contributed by atoms with E-state index in [0.717, 1.165) is 24.2 Å². The summed E-state index contributed by atoms with van der Waals surface area (Å²) in [6.45, 7) is 9.20. The first-order chi connectivity index (χ1) is 20.6. The number of amides is 1. The van der Waals surface area contributed by atoms with Crippen molar-refractivity contribution in [1.29, 1.82) is 5.26 Å². The maximum Gasteiger partial charge on any atom is 0.418 e. The molecular weight excluding hydrogens is 563 g/mol. The molecule has 0 N–H and O–H groups in total. The number of halogens is 3.